The number of aliphatic hydroxyl groups is 1. The largest absolute Gasteiger partial charge is 0.574 e. The Morgan fingerprint density at radius 2 is 1.79 bits per heavy atom. The van der Waals surface area contributed by atoms with Gasteiger partial charge in [-0.15, -0.1) is 24.8 Å². The SMILES string of the molecule is OCc1cc(C(F)(F)F)c(CCl)nc1OC(F)(F)F. The van der Waals surface area contributed by atoms with E-state index in [-0.39, 0.29) is 0 Å². The Kier molecular flexibility index (Phi) is 4.51. The van der Waals surface area contributed by atoms with Gasteiger partial charge < -0.3 is 9.84 Å². The van der Waals surface area contributed by atoms with E-state index in [0.717, 1.165) is 0 Å². The Balaban J connectivity index is 3.36. The summed E-state index contributed by atoms with van der Waals surface area (Å²) >= 11 is 5.22. The molecular formula is C9H6ClF6NO2. The van der Waals surface area contributed by atoms with E-state index >= 15 is 0 Å². The maximum atomic E-state index is 12.6. The topological polar surface area (TPSA) is 42.4 Å². The first-order chi connectivity index (χ1) is 8.58. The van der Waals surface area contributed by atoms with Crippen LogP contribution < -0.4 is 4.74 Å². The zero-order chi connectivity index (χ0) is 14.8. The Bertz CT molecular complexity index is 459. The van der Waals surface area contributed by atoms with Gasteiger partial charge >= 0.3 is 12.5 Å². The van der Waals surface area contributed by atoms with Gasteiger partial charge in [-0.2, -0.15) is 13.2 Å². The average molecular weight is 310 g/mol. The molecule has 0 aliphatic rings. The number of ether oxygens (including phenoxy) is 1. The molecule has 0 spiro atoms. The molecule has 1 aromatic rings. The first-order valence-electron chi connectivity index (χ1n) is 4.61. The number of halogens is 7. The van der Waals surface area contributed by atoms with Crippen LogP contribution in [0, 0.1) is 0 Å². The third-order valence-electron chi connectivity index (χ3n) is 1.96. The number of pyridine rings is 1. The van der Waals surface area contributed by atoms with E-state index < -0.39 is 47.7 Å². The van der Waals surface area contributed by atoms with Crippen LogP contribution in [-0.2, 0) is 18.7 Å². The standard InChI is InChI=1S/C9H6ClF6NO2/c10-2-6-5(8(11,12)13)1-4(3-18)7(17-6)19-9(14,15)16/h1,18H,2-3H2. The van der Waals surface area contributed by atoms with Crippen LogP contribution in [0.2, 0.25) is 0 Å². The van der Waals surface area contributed by atoms with Gasteiger partial charge in [0.25, 0.3) is 0 Å². The van der Waals surface area contributed by atoms with Crippen LogP contribution in [0.5, 0.6) is 5.88 Å². The molecule has 0 bridgehead atoms. The van der Waals surface area contributed by atoms with E-state index in [1.165, 1.54) is 0 Å². The minimum atomic E-state index is -5.14. The van der Waals surface area contributed by atoms with E-state index in [4.69, 9.17) is 16.7 Å². The Hall–Kier alpha value is -1.22. The van der Waals surface area contributed by atoms with Gasteiger partial charge in [-0.05, 0) is 6.07 Å². The lowest BCUT2D eigenvalue weighted by atomic mass is 10.1. The first kappa shape index (κ1) is 15.8. The summed E-state index contributed by atoms with van der Waals surface area (Å²) in [6, 6.07) is 0.325. The van der Waals surface area contributed by atoms with E-state index in [0.29, 0.717) is 6.07 Å². The molecule has 0 saturated carbocycles. The quantitative estimate of drug-likeness (QED) is 0.688. The maximum Gasteiger partial charge on any atom is 0.574 e. The van der Waals surface area contributed by atoms with Crippen molar-refractivity contribution in [3.63, 3.8) is 0 Å². The van der Waals surface area contributed by atoms with Crippen molar-refractivity contribution in [1.82, 2.24) is 4.98 Å². The van der Waals surface area contributed by atoms with Crippen molar-refractivity contribution in [2.45, 2.75) is 25.0 Å². The Labute approximate surface area is 107 Å². The van der Waals surface area contributed by atoms with Gasteiger partial charge in [0.2, 0.25) is 5.88 Å². The Morgan fingerprint density at radius 3 is 2.16 bits per heavy atom. The summed E-state index contributed by atoms with van der Waals surface area (Å²) in [5.41, 5.74) is -2.87. The first-order valence-corrected chi connectivity index (χ1v) is 5.14. The number of alkyl halides is 7. The lowest BCUT2D eigenvalue weighted by Crippen LogP contribution is -2.21. The summed E-state index contributed by atoms with van der Waals surface area (Å²) in [6.45, 7) is -1.09. The molecule has 10 heteroatoms. The number of hydrogen-bond donors (Lipinski definition) is 1. The van der Waals surface area contributed by atoms with Crippen molar-refractivity contribution in [2.75, 3.05) is 0 Å². The molecule has 1 heterocycles. The van der Waals surface area contributed by atoms with E-state index in [1.54, 1.807) is 0 Å². The van der Waals surface area contributed by atoms with Crippen molar-refractivity contribution in [1.29, 1.82) is 0 Å². The van der Waals surface area contributed by atoms with Crippen LogP contribution in [0.3, 0.4) is 0 Å². The van der Waals surface area contributed by atoms with Gasteiger partial charge in [-0.25, -0.2) is 4.98 Å². The summed E-state index contributed by atoms with van der Waals surface area (Å²) in [5, 5.41) is 8.78. The number of aliphatic hydroxyl groups excluding tert-OH is 1. The number of aromatic nitrogens is 1. The average Bonchev–Trinajstić information content (AvgIpc) is 2.24. The third-order valence-corrected chi connectivity index (χ3v) is 2.21. The molecule has 0 amide bonds. The fourth-order valence-electron chi connectivity index (χ4n) is 1.23. The highest BCUT2D eigenvalue weighted by Crippen LogP contribution is 2.36. The van der Waals surface area contributed by atoms with Crippen LogP contribution >= 0.6 is 11.6 Å². The molecule has 0 aromatic carbocycles. The van der Waals surface area contributed by atoms with Crippen molar-refractivity contribution < 1.29 is 36.2 Å². The van der Waals surface area contributed by atoms with Gasteiger partial charge in [0.05, 0.1) is 23.7 Å². The Morgan fingerprint density at radius 1 is 1.21 bits per heavy atom. The van der Waals surface area contributed by atoms with Crippen LogP contribution in [-0.4, -0.2) is 16.5 Å². The molecule has 0 unspecified atom stereocenters. The lowest BCUT2D eigenvalue weighted by Gasteiger charge is -2.16. The van der Waals surface area contributed by atoms with E-state index in [9.17, 15) is 26.3 Å². The zero-order valence-corrected chi connectivity index (χ0v) is 9.70. The lowest BCUT2D eigenvalue weighted by molar-refractivity contribution is -0.276. The number of hydrogen-bond acceptors (Lipinski definition) is 3. The van der Waals surface area contributed by atoms with Gasteiger partial charge in [0.15, 0.2) is 0 Å². The number of nitrogens with zero attached hydrogens (tertiary/aromatic N) is 1. The fraction of sp³-hybridized carbons (Fsp3) is 0.444. The molecular weight excluding hydrogens is 304 g/mol. The van der Waals surface area contributed by atoms with Crippen LogP contribution in [0.4, 0.5) is 26.3 Å². The molecule has 1 aromatic heterocycles. The van der Waals surface area contributed by atoms with Crippen molar-refractivity contribution in [3.8, 4) is 5.88 Å². The molecule has 0 radical (unpaired) electrons. The third kappa shape index (κ3) is 4.13. The molecule has 108 valence electrons. The highest BCUT2D eigenvalue weighted by molar-refractivity contribution is 6.17. The maximum absolute atomic E-state index is 12.6. The second kappa shape index (κ2) is 5.41. The normalized spacial score (nSPS) is 12.6. The predicted molar refractivity (Wildman–Crippen MR) is 51.4 cm³/mol. The monoisotopic (exact) mass is 309 g/mol. The van der Waals surface area contributed by atoms with Gasteiger partial charge in [-0.1, -0.05) is 0 Å². The van der Waals surface area contributed by atoms with Crippen molar-refractivity contribution >= 4 is 11.6 Å². The molecule has 0 fully saturated rings. The molecule has 1 N–H and O–H groups in total. The second-order valence-electron chi connectivity index (χ2n) is 3.28. The van der Waals surface area contributed by atoms with Crippen molar-refractivity contribution in [2.24, 2.45) is 0 Å². The molecule has 0 saturated heterocycles. The number of rotatable bonds is 3. The zero-order valence-electron chi connectivity index (χ0n) is 8.94. The smallest absolute Gasteiger partial charge is 0.391 e. The summed E-state index contributed by atoms with van der Waals surface area (Å²) in [5.74, 6) is -1.91. The summed E-state index contributed by atoms with van der Waals surface area (Å²) in [7, 11) is 0. The molecule has 0 aliphatic carbocycles. The summed E-state index contributed by atoms with van der Waals surface area (Å²) < 4.78 is 77.3. The van der Waals surface area contributed by atoms with Crippen LogP contribution in [0.15, 0.2) is 6.07 Å². The van der Waals surface area contributed by atoms with Crippen LogP contribution in [0.1, 0.15) is 16.8 Å². The van der Waals surface area contributed by atoms with Gasteiger partial charge in [-0.3, -0.25) is 0 Å². The van der Waals surface area contributed by atoms with Crippen molar-refractivity contribution in [3.05, 3.63) is 22.9 Å². The molecule has 1 rings (SSSR count). The summed E-state index contributed by atoms with van der Waals surface area (Å²) in [6.07, 6.45) is -9.99. The van der Waals surface area contributed by atoms with Gasteiger partial charge in [0, 0.05) is 5.56 Å². The minimum absolute atomic E-state index is 0.325. The van der Waals surface area contributed by atoms with E-state index in [2.05, 4.69) is 9.72 Å². The van der Waals surface area contributed by atoms with Crippen LogP contribution in [0.25, 0.3) is 0 Å². The highest BCUT2D eigenvalue weighted by Gasteiger charge is 2.37. The molecule has 19 heavy (non-hydrogen) atoms. The molecule has 0 atom stereocenters. The molecule has 0 aliphatic heterocycles. The minimum Gasteiger partial charge on any atom is -0.391 e. The van der Waals surface area contributed by atoms with E-state index in [1.807, 2.05) is 0 Å². The highest BCUT2D eigenvalue weighted by atomic mass is 35.5. The fourth-order valence-corrected chi connectivity index (χ4v) is 1.44. The van der Waals surface area contributed by atoms with Gasteiger partial charge in [0.1, 0.15) is 0 Å². The molecule has 3 nitrogen and oxygen atoms in total. The summed E-state index contributed by atoms with van der Waals surface area (Å²) in [4.78, 5) is 3.06. The second-order valence-corrected chi connectivity index (χ2v) is 3.55. The predicted octanol–water partition coefficient (Wildman–Crippen LogP) is 3.23.